The minimum atomic E-state index is -0.315. The van der Waals surface area contributed by atoms with E-state index < -0.39 is 0 Å². The molecule has 31 heavy (non-hydrogen) atoms. The van der Waals surface area contributed by atoms with Gasteiger partial charge in [-0.05, 0) is 75.1 Å². The van der Waals surface area contributed by atoms with Crippen molar-refractivity contribution in [1.29, 1.82) is 0 Å². The molecule has 1 heterocycles. The summed E-state index contributed by atoms with van der Waals surface area (Å²) in [5.74, 6) is 0.114. The largest absolute Gasteiger partial charge is 0.494 e. The number of carbonyl (C=O) groups excluding carboxylic acids is 2. The van der Waals surface area contributed by atoms with Gasteiger partial charge in [-0.3, -0.25) is 14.5 Å². The Labute approximate surface area is 183 Å². The molecule has 0 aliphatic carbocycles. The van der Waals surface area contributed by atoms with Gasteiger partial charge >= 0.3 is 0 Å². The molecule has 2 aromatic rings. The molecule has 2 amide bonds. The van der Waals surface area contributed by atoms with E-state index >= 15 is 0 Å². The fourth-order valence-electron chi connectivity index (χ4n) is 3.71. The summed E-state index contributed by atoms with van der Waals surface area (Å²) in [6, 6.07) is 13.3. The van der Waals surface area contributed by atoms with E-state index in [1.807, 2.05) is 64.1 Å². The third kappa shape index (κ3) is 5.33. The van der Waals surface area contributed by atoms with Crippen LogP contribution in [-0.4, -0.2) is 43.1 Å². The average Bonchev–Trinajstić information content (AvgIpc) is 2.95. The van der Waals surface area contributed by atoms with Crippen LogP contribution in [0.4, 0.5) is 5.69 Å². The number of aryl methyl sites for hydroxylation is 2. The fraction of sp³-hybridized carbons (Fsp3) is 0.360. The first-order valence-corrected chi connectivity index (χ1v) is 10.7. The lowest BCUT2D eigenvalue weighted by molar-refractivity contribution is -0.137. The molecule has 2 aromatic carbocycles. The van der Waals surface area contributed by atoms with Crippen LogP contribution in [0.15, 0.2) is 48.2 Å². The molecule has 0 atom stereocenters. The topological polar surface area (TPSA) is 67.9 Å². The molecule has 6 heteroatoms. The molecule has 0 fully saturated rings. The zero-order chi connectivity index (χ0) is 22.4. The van der Waals surface area contributed by atoms with Crippen LogP contribution in [0, 0.1) is 13.8 Å². The lowest BCUT2D eigenvalue weighted by Crippen LogP contribution is -2.34. The van der Waals surface area contributed by atoms with E-state index in [4.69, 9.17) is 9.47 Å². The molecule has 3 rings (SSSR count). The number of benzene rings is 2. The van der Waals surface area contributed by atoms with Crippen LogP contribution >= 0.6 is 0 Å². The second-order valence-electron chi connectivity index (χ2n) is 7.52. The van der Waals surface area contributed by atoms with Gasteiger partial charge in [0.05, 0.1) is 12.2 Å². The Morgan fingerprint density at radius 2 is 1.58 bits per heavy atom. The van der Waals surface area contributed by atoms with Gasteiger partial charge in [-0.15, -0.1) is 0 Å². The second-order valence-corrected chi connectivity index (χ2v) is 7.52. The molecule has 1 N–H and O–H groups in total. The average molecular weight is 423 g/mol. The Kier molecular flexibility index (Phi) is 7.47. The number of imide groups is 1. The highest BCUT2D eigenvalue weighted by Gasteiger charge is 2.38. The van der Waals surface area contributed by atoms with Gasteiger partial charge in [-0.25, -0.2) is 0 Å². The summed E-state index contributed by atoms with van der Waals surface area (Å²) in [5, 5.41) is 3.23. The van der Waals surface area contributed by atoms with Gasteiger partial charge in [0.2, 0.25) is 0 Å². The highest BCUT2D eigenvalue weighted by atomic mass is 16.5. The van der Waals surface area contributed by atoms with E-state index in [-0.39, 0.29) is 11.8 Å². The summed E-state index contributed by atoms with van der Waals surface area (Å²) < 4.78 is 10.9. The summed E-state index contributed by atoms with van der Waals surface area (Å²) in [7, 11) is 0. The molecule has 0 saturated carbocycles. The van der Waals surface area contributed by atoms with Crippen LogP contribution < -0.4 is 10.1 Å². The lowest BCUT2D eigenvalue weighted by Gasteiger charge is -2.15. The van der Waals surface area contributed by atoms with E-state index in [1.165, 1.54) is 4.90 Å². The Balaban J connectivity index is 1.95. The van der Waals surface area contributed by atoms with Gasteiger partial charge in [0.15, 0.2) is 0 Å². The molecular formula is C25H30N2O4. The second kappa shape index (κ2) is 10.3. The number of amides is 2. The number of nitrogens with one attached hydrogen (secondary N) is 1. The van der Waals surface area contributed by atoms with Crippen LogP contribution in [0.3, 0.4) is 0 Å². The van der Waals surface area contributed by atoms with Gasteiger partial charge in [-0.1, -0.05) is 18.2 Å². The molecule has 0 saturated heterocycles. The van der Waals surface area contributed by atoms with Crippen molar-refractivity contribution in [3.63, 3.8) is 0 Å². The summed E-state index contributed by atoms with van der Waals surface area (Å²) in [5.41, 5.74) is 4.31. The SMILES string of the molecule is CCOCCCN1C(=O)C(Nc2cc(C)cc(C)c2)=C(c2ccc(OCC)cc2)C1=O. The molecular weight excluding hydrogens is 392 g/mol. The maximum atomic E-state index is 13.3. The molecule has 1 aliphatic heterocycles. The number of carbonyl (C=O) groups is 2. The van der Waals surface area contributed by atoms with Crippen LogP contribution in [-0.2, 0) is 14.3 Å². The highest BCUT2D eigenvalue weighted by Crippen LogP contribution is 2.32. The number of hydrogen-bond acceptors (Lipinski definition) is 5. The first kappa shape index (κ1) is 22.6. The van der Waals surface area contributed by atoms with E-state index in [9.17, 15) is 9.59 Å². The quantitative estimate of drug-likeness (QED) is 0.456. The normalized spacial score (nSPS) is 13.9. The van der Waals surface area contributed by atoms with Crippen molar-refractivity contribution in [1.82, 2.24) is 4.90 Å². The monoisotopic (exact) mass is 422 g/mol. The summed E-state index contributed by atoms with van der Waals surface area (Å²) in [6.45, 7) is 9.83. The van der Waals surface area contributed by atoms with E-state index in [0.717, 1.165) is 22.6 Å². The predicted molar refractivity (Wildman–Crippen MR) is 122 cm³/mol. The summed E-state index contributed by atoms with van der Waals surface area (Å²) in [4.78, 5) is 27.8. The van der Waals surface area contributed by atoms with Gasteiger partial charge in [-0.2, -0.15) is 0 Å². The maximum Gasteiger partial charge on any atom is 0.278 e. The summed E-state index contributed by atoms with van der Waals surface area (Å²) >= 11 is 0. The Morgan fingerprint density at radius 3 is 2.19 bits per heavy atom. The predicted octanol–water partition coefficient (Wildman–Crippen LogP) is 4.32. The number of nitrogens with zero attached hydrogens (tertiary/aromatic N) is 1. The first-order valence-electron chi connectivity index (χ1n) is 10.7. The van der Waals surface area contributed by atoms with E-state index in [0.29, 0.717) is 49.6 Å². The first-order chi connectivity index (χ1) is 14.9. The standard InChI is InChI=1S/C25H30N2O4/c1-5-30-13-7-12-27-24(28)22(19-8-10-21(11-9-19)31-6-2)23(25(27)29)26-20-15-17(3)14-18(4)16-20/h8-11,14-16,26H,5-7,12-13H2,1-4H3. The zero-order valence-corrected chi connectivity index (χ0v) is 18.7. The number of rotatable bonds is 10. The van der Waals surface area contributed by atoms with Gasteiger partial charge in [0.1, 0.15) is 11.4 Å². The van der Waals surface area contributed by atoms with Crippen molar-refractivity contribution in [2.75, 3.05) is 31.7 Å². The fourth-order valence-corrected chi connectivity index (χ4v) is 3.71. The van der Waals surface area contributed by atoms with Gasteiger partial charge in [0, 0.05) is 25.4 Å². The number of anilines is 1. The third-order valence-corrected chi connectivity index (χ3v) is 4.99. The molecule has 164 valence electrons. The molecule has 0 bridgehead atoms. The third-order valence-electron chi connectivity index (χ3n) is 4.99. The minimum Gasteiger partial charge on any atom is -0.494 e. The van der Waals surface area contributed by atoms with Crippen LogP contribution in [0.25, 0.3) is 5.57 Å². The minimum absolute atomic E-state index is 0.294. The molecule has 0 spiro atoms. The van der Waals surface area contributed by atoms with Crippen molar-refractivity contribution in [2.45, 2.75) is 34.1 Å². The lowest BCUT2D eigenvalue weighted by atomic mass is 10.0. The van der Waals surface area contributed by atoms with Crippen molar-refractivity contribution in [3.8, 4) is 5.75 Å². The molecule has 0 radical (unpaired) electrons. The highest BCUT2D eigenvalue weighted by molar-refractivity contribution is 6.36. The van der Waals surface area contributed by atoms with Crippen molar-refractivity contribution >= 4 is 23.1 Å². The molecule has 0 unspecified atom stereocenters. The van der Waals surface area contributed by atoms with Gasteiger partial charge in [0.25, 0.3) is 11.8 Å². The maximum absolute atomic E-state index is 13.3. The number of hydrogen-bond donors (Lipinski definition) is 1. The van der Waals surface area contributed by atoms with Crippen molar-refractivity contribution in [3.05, 3.63) is 64.9 Å². The van der Waals surface area contributed by atoms with Gasteiger partial charge < -0.3 is 14.8 Å². The Hall–Kier alpha value is -3.12. The van der Waals surface area contributed by atoms with Crippen LogP contribution in [0.5, 0.6) is 5.75 Å². The van der Waals surface area contributed by atoms with E-state index in [2.05, 4.69) is 11.4 Å². The molecule has 1 aliphatic rings. The molecule has 6 nitrogen and oxygen atoms in total. The zero-order valence-electron chi connectivity index (χ0n) is 18.7. The smallest absolute Gasteiger partial charge is 0.278 e. The number of ether oxygens (including phenoxy) is 2. The molecule has 0 aromatic heterocycles. The van der Waals surface area contributed by atoms with Crippen LogP contribution in [0.1, 0.15) is 37.0 Å². The van der Waals surface area contributed by atoms with E-state index in [1.54, 1.807) is 0 Å². The Morgan fingerprint density at radius 1 is 0.903 bits per heavy atom. The Bertz CT molecular complexity index is 959. The van der Waals surface area contributed by atoms with Crippen molar-refractivity contribution < 1.29 is 19.1 Å². The van der Waals surface area contributed by atoms with Crippen molar-refractivity contribution in [2.24, 2.45) is 0 Å². The van der Waals surface area contributed by atoms with Crippen LogP contribution in [0.2, 0.25) is 0 Å². The summed E-state index contributed by atoms with van der Waals surface area (Å²) in [6.07, 6.45) is 0.596.